The van der Waals surface area contributed by atoms with E-state index in [0.29, 0.717) is 29.6 Å². The largest absolute Gasteiger partial charge is 0.462 e. The molecule has 0 radical (unpaired) electrons. The third-order valence-electron chi connectivity index (χ3n) is 4.07. The van der Waals surface area contributed by atoms with E-state index in [1.165, 1.54) is 11.1 Å². The first-order valence-corrected chi connectivity index (χ1v) is 10.3. The van der Waals surface area contributed by atoms with Crippen LogP contribution in [0.15, 0.2) is 59.2 Å². The maximum Gasteiger partial charge on any atom is 0.338 e. The van der Waals surface area contributed by atoms with Crippen molar-refractivity contribution in [3.8, 4) is 0 Å². The Hall–Kier alpha value is -2.71. The summed E-state index contributed by atoms with van der Waals surface area (Å²) < 4.78 is 7.63. The smallest absolute Gasteiger partial charge is 0.338 e. The fourth-order valence-electron chi connectivity index (χ4n) is 2.62. The summed E-state index contributed by atoms with van der Waals surface area (Å²) in [4.78, 5) is 11.7. The summed E-state index contributed by atoms with van der Waals surface area (Å²) in [6, 6.07) is 15.3. The average Bonchev–Trinajstić information content (AvgIpc) is 3.03. The Morgan fingerprint density at radius 1 is 1.14 bits per heavy atom. The van der Waals surface area contributed by atoms with E-state index in [1.807, 2.05) is 10.9 Å². The van der Waals surface area contributed by atoms with Gasteiger partial charge in [-0.05, 0) is 71.8 Å². The van der Waals surface area contributed by atoms with Gasteiger partial charge < -0.3 is 15.4 Å². The molecule has 29 heavy (non-hydrogen) atoms. The van der Waals surface area contributed by atoms with E-state index < -0.39 is 0 Å². The molecule has 3 aromatic rings. The van der Waals surface area contributed by atoms with Crippen LogP contribution in [-0.4, -0.2) is 27.5 Å². The molecular weight excluding hydrogens is 452 g/mol. The molecule has 0 aliphatic carbocycles. The van der Waals surface area contributed by atoms with Crippen molar-refractivity contribution < 1.29 is 9.53 Å². The summed E-state index contributed by atoms with van der Waals surface area (Å²) in [5.41, 5.74) is 3.64. The van der Waals surface area contributed by atoms with E-state index in [2.05, 4.69) is 62.9 Å². The number of anilines is 2. The summed E-state index contributed by atoms with van der Waals surface area (Å²) >= 11 is 8.88. The zero-order chi connectivity index (χ0) is 20.8. The Bertz CT molecular complexity index is 1000. The number of thiocarbonyl (C=S) groups is 1. The first kappa shape index (κ1) is 21.0. The molecule has 2 N–H and O–H groups in total. The van der Waals surface area contributed by atoms with Crippen LogP contribution in [0.3, 0.4) is 0 Å². The summed E-state index contributed by atoms with van der Waals surface area (Å²) in [6.07, 6.45) is 1.90. The number of carbonyl (C=O) groups is 1. The SMILES string of the molecule is CCOC(=O)c1ccc(NC(=S)Nc2nn(Cc3ccc(C)cc3)cc2Br)cc1. The van der Waals surface area contributed by atoms with Crippen molar-refractivity contribution in [1.29, 1.82) is 0 Å². The lowest BCUT2D eigenvalue weighted by atomic mass is 10.1. The molecule has 0 bridgehead atoms. The van der Waals surface area contributed by atoms with Gasteiger partial charge in [0.05, 0.1) is 23.2 Å². The molecule has 3 rings (SSSR count). The van der Waals surface area contributed by atoms with Crippen LogP contribution in [0.1, 0.15) is 28.4 Å². The van der Waals surface area contributed by atoms with Crippen molar-refractivity contribution in [2.24, 2.45) is 0 Å². The van der Waals surface area contributed by atoms with Crippen molar-refractivity contribution >= 4 is 50.7 Å². The number of hydrogen-bond donors (Lipinski definition) is 2. The number of carbonyl (C=O) groups excluding carboxylic acids is 1. The minimum absolute atomic E-state index is 0.345. The lowest BCUT2D eigenvalue weighted by Crippen LogP contribution is -2.20. The topological polar surface area (TPSA) is 68.2 Å². The van der Waals surface area contributed by atoms with Gasteiger partial charge in [-0.25, -0.2) is 4.79 Å². The number of nitrogens with zero attached hydrogens (tertiary/aromatic N) is 2. The second-order valence-electron chi connectivity index (χ2n) is 6.39. The number of nitrogens with one attached hydrogen (secondary N) is 2. The first-order chi connectivity index (χ1) is 13.9. The standard InChI is InChI=1S/C21H21BrN4O2S/c1-3-28-20(27)16-8-10-17(11-9-16)23-21(29)24-19-18(22)13-26(25-19)12-15-6-4-14(2)5-7-15/h4-11,13H,3,12H2,1-2H3,(H2,23,24,25,29). The second kappa shape index (κ2) is 9.67. The van der Waals surface area contributed by atoms with Crippen molar-refractivity contribution in [2.45, 2.75) is 20.4 Å². The van der Waals surface area contributed by atoms with Crippen molar-refractivity contribution in [3.63, 3.8) is 0 Å². The monoisotopic (exact) mass is 472 g/mol. The molecule has 0 fully saturated rings. The van der Waals surface area contributed by atoms with Crippen LogP contribution in [-0.2, 0) is 11.3 Å². The molecule has 0 atom stereocenters. The summed E-state index contributed by atoms with van der Waals surface area (Å²) in [5.74, 6) is 0.278. The quantitative estimate of drug-likeness (QED) is 0.389. The molecule has 6 nitrogen and oxygen atoms in total. The van der Waals surface area contributed by atoms with E-state index in [0.717, 1.165) is 10.2 Å². The molecule has 2 aromatic carbocycles. The molecule has 0 aliphatic heterocycles. The minimum atomic E-state index is -0.345. The molecule has 0 saturated heterocycles. The molecule has 0 saturated carbocycles. The van der Waals surface area contributed by atoms with E-state index >= 15 is 0 Å². The molecule has 150 valence electrons. The van der Waals surface area contributed by atoms with Gasteiger partial charge in [0.2, 0.25) is 0 Å². The number of benzene rings is 2. The van der Waals surface area contributed by atoms with E-state index in [9.17, 15) is 4.79 Å². The Morgan fingerprint density at radius 3 is 2.48 bits per heavy atom. The van der Waals surface area contributed by atoms with E-state index in [-0.39, 0.29) is 5.97 Å². The van der Waals surface area contributed by atoms with Gasteiger partial charge in [-0.3, -0.25) is 4.68 Å². The van der Waals surface area contributed by atoms with Crippen LogP contribution in [0.2, 0.25) is 0 Å². The fourth-order valence-corrected chi connectivity index (χ4v) is 3.25. The number of aryl methyl sites for hydroxylation is 1. The van der Waals surface area contributed by atoms with Gasteiger partial charge in [0.25, 0.3) is 0 Å². The van der Waals surface area contributed by atoms with Crippen LogP contribution >= 0.6 is 28.1 Å². The zero-order valence-electron chi connectivity index (χ0n) is 16.1. The highest BCUT2D eigenvalue weighted by Crippen LogP contribution is 2.21. The Balaban J connectivity index is 1.60. The Morgan fingerprint density at radius 2 is 1.83 bits per heavy atom. The predicted octanol–water partition coefficient (Wildman–Crippen LogP) is 4.99. The molecule has 0 spiro atoms. The maximum absolute atomic E-state index is 11.7. The number of hydrogen-bond acceptors (Lipinski definition) is 4. The summed E-state index contributed by atoms with van der Waals surface area (Å²) in [6.45, 7) is 4.85. The van der Waals surface area contributed by atoms with Crippen LogP contribution in [0.5, 0.6) is 0 Å². The van der Waals surface area contributed by atoms with Gasteiger partial charge >= 0.3 is 5.97 Å². The van der Waals surface area contributed by atoms with Crippen molar-refractivity contribution in [2.75, 3.05) is 17.2 Å². The molecule has 0 amide bonds. The predicted molar refractivity (Wildman–Crippen MR) is 122 cm³/mol. The van der Waals surface area contributed by atoms with Crippen LogP contribution < -0.4 is 10.6 Å². The number of aromatic nitrogens is 2. The van der Waals surface area contributed by atoms with E-state index in [1.54, 1.807) is 31.2 Å². The molecular formula is C21H21BrN4O2S. The highest BCUT2D eigenvalue weighted by atomic mass is 79.9. The molecule has 1 heterocycles. The Labute approximate surface area is 183 Å². The first-order valence-electron chi connectivity index (χ1n) is 9.08. The van der Waals surface area contributed by atoms with Gasteiger partial charge in [-0.15, -0.1) is 0 Å². The van der Waals surface area contributed by atoms with Gasteiger partial charge in [-0.2, -0.15) is 5.10 Å². The highest BCUT2D eigenvalue weighted by Gasteiger charge is 2.10. The second-order valence-corrected chi connectivity index (χ2v) is 7.65. The van der Waals surface area contributed by atoms with E-state index in [4.69, 9.17) is 17.0 Å². The molecule has 0 aliphatic rings. The maximum atomic E-state index is 11.7. The summed E-state index contributed by atoms with van der Waals surface area (Å²) in [5, 5.41) is 11.1. The molecule has 0 unspecified atom stereocenters. The minimum Gasteiger partial charge on any atom is -0.462 e. The number of esters is 1. The number of ether oxygens (including phenoxy) is 1. The lowest BCUT2D eigenvalue weighted by Gasteiger charge is -2.10. The number of halogens is 1. The highest BCUT2D eigenvalue weighted by molar-refractivity contribution is 9.10. The van der Waals surface area contributed by atoms with Gasteiger partial charge in [-0.1, -0.05) is 29.8 Å². The third kappa shape index (κ3) is 5.88. The summed E-state index contributed by atoms with van der Waals surface area (Å²) in [7, 11) is 0. The van der Waals surface area contributed by atoms with Crippen LogP contribution in [0.25, 0.3) is 0 Å². The average molecular weight is 473 g/mol. The third-order valence-corrected chi connectivity index (χ3v) is 4.85. The van der Waals surface area contributed by atoms with Crippen LogP contribution in [0.4, 0.5) is 11.5 Å². The molecule has 1 aromatic heterocycles. The number of rotatable bonds is 6. The fraction of sp³-hybridized carbons (Fsp3) is 0.190. The van der Waals surface area contributed by atoms with Gasteiger partial charge in [0.1, 0.15) is 0 Å². The zero-order valence-corrected chi connectivity index (χ0v) is 18.5. The Kier molecular flexibility index (Phi) is 7.00. The molecule has 8 heteroatoms. The normalized spacial score (nSPS) is 10.4. The van der Waals surface area contributed by atoms with Crippen LogP contribution in [0, 0.1) is 6.92 Å². The van der Waals surface area contributed by atoms with Crippen molar-refractivity contribution in [1.82, 2.24) is 9.78 Å². The lowest BCUT2D eigenvalue weighted by molar-refractivity contribution is 0.0526. The van der Waals surface area contributed by atoms with Crippen molar-refractivity contribution in [3.05, 3.63) is 75.9 Å². The van der Waals surface area contributed by atoms with Gasteiger partial charge in [0.15, 0.2) is 10.9 Å². The van der Waals surface area contributed by atoms with Gasteiger partial charge in [0, 0.05) is 11.9 Å².